The van der Waals surface area contributed by atoms with Gasteiger partial charge in [0.2, 0.25) is 10.0 Å². The summed E-state index contributed by atoms with van der Waals surface area (Å²) in [4.78, 5) is 9.14. The molecule has 2 rings (SSSR count). The molecule has 0 spiro atoms. The van der Waals surface area contributed by atoms with Crippen molar-refractivity contribution in [2.24, 2.45) is 5.41 Å². The lowest BCUT2D eigenvalue weighted by Crippen LogP contribution is -2.52. The van der Waals surface area contributed by atoms with Gasteiger partial charge in [-0.3, -0.25) is 10.1 Å². The Kier molecular flexibility index (Phi) is 6.68. The van der Waals surface area contributed by atoms with E-state index in [0.29, 0.717) is 0 Å². The highest BCUT2D eigenvalue weighted by Gasteiger charge is 2.35. The maximum Gasteiger partial charge on any atom is 0.292 e. The Labute approximate surface area is 146 Å². The van der Waals surface area contributed by atoms with Gasteiger partial charge in [0.05, 0.1) is 4.92 Å². The quantitative estimate of drug-likeness (QED) is 0.601. The molecule has 1 aromatic carbocycles. The van der Waals surface area contributed by atoms with Crippen LogP contribution in [0.3, 0.4) is 0 Å². The minimum Gasteiger partial charge on any atom is -0.312 e. The van der Waals surface area contributed by atoms with Crippen LogP contribution in [0.2, 0.25) is 0 Å². The zero-order chi connectivity index (χ0) is 17.3. The second-order valence-corrected chi connectivity index (χ2v) is 8.00. The number of hydrogen-bond donors (Lipinski definition) is 2. The molecule has 24 heavy (non-hydrogen) atoms. The Hall–Kier alpha value is -1.29. The second-order valence-electron chi connectivity index (χ2n) is 6.30. The predicted octanol–water partition coefficient (Wildman–Crippen LogP) is 2.21. The lowest BCUT2D eigenvalue weighted by molar-refractivity contribution is -0.388. The standard InChI is InChI=1S/C14H20FN3O4S.ClH/c1-14(2)7-4-8-16-12(14)9-17-23(21,22)13-10(15)5-3-6-11(13)18(19)20;/h3,5-6,12,16-17H,4,7-9H2,1-2H3;1H. The average molecular weight is 382 g/mol. The Morgan fingerprint density at radius 2 is 2.12 bits per heavy atom. The summed E-state index contributed by atoms with van der Waals surface area (Å²) in [6.07, 6.45) is 1.93. The minimum atomic E-state index is -4.32. The van der Waals surface area contributed by atoms with Crippen LogP contribution in [-0.2, 0) is 10.0 Å². The summed E-state index contributed by atoms with van der Waals surface area (Å²) in [5.74, 6) is -1.14. The van der Waals surface area contributed by atoms with Crippen molar-refractivity contribution in [2.45, 2.75) is 37.6 Å². The summed E-state index contributed by atoms with van der Waals surface area (Å²) in [6, 6.07) is 2.85. The molecule has 0 amide bonds. The van der Waals surface area contributed by atoms with Gasteiger partial charge in [0.1, 0.15) is 5.82 Å². The van der Waals surface area contributed by atoms with E-state index in [4.69, 9.17) is 0 Å². The third kappa shape index (κ3) is 4.41. The number of halogens is 2. The van der Waals surface area contributed by atoms with Crippen LogP contribution in [0.1, 0.15) is 26.7 Å². The van der Waals surface area contributed by atoms with Crippen LogP contribution < -0.4 is 10.0 Å². The molecule has 1 aromatic rings. The number of piperidine rings is 1. The van der Waals surface area contributed by atoms with Gasteiger partial charge >= 0.3 is 0 Å². The number of sulfonamides is 1. The number of nitro groups is 1. The van der Waals surface area contributed by atoms with E-state index < -0.39 is 31.3 Å². The molecular formula is C14H21ClFN3O4S. The van der Waals surface area contributed by atoms with Gasteiger partial charge in [0, 0.05) is 18.7 Å². The van der Waals surface area contributed by atoms with Crippen LogP contribution in [0.15, 0.2) is 23.1 Å². The highest BCUT2D eigenvalue weighted by atomic mass is 35.5. The topological polar surface area (TPSA) is 101 Å². The Bertz CT molecular complexity index is 712. The van der Waals surface area contributed by atoms with Crippen molar-refractivity contribution in [1.82, 2.24) is 10.0 Å². The van der Waals surface area contributed by atoms with Crippen molar-refractivity contribution >= 4 is 28.1 Å². The number of nitro benzene ring substituents is 1. The first kappa shape index (κ1) is 20.8. The normalized spacial score (nSPS) is 20.2. The maximum absolute atomic E-state index is 13.9. The van der Waals surface area contributed by atoms with Crippen LogP contribution >= 0.6 is 12.4 Å². The SMILES string of the molecule is CC1(C)CCCNC1CNS(=O)(=O)c1c(F)cccc1[N+](=O)[O-].Cl. The molecule has 1 fully saturated rings. The van der Waals surface area contributed by atoms with Gasteiger partial charge in [-0.2, -0.15) is 0 Å². The van der Waals surface area contributed by atoms with Crippen LogP contribution in [-0.4, -0.2) is 32.5 Å². The highest BCUT2D eigenvalue weighted by Crippen LogP contribution is 2.30. The van der Waals surface area contributed by atoms with Crippen LogP contribution in [0.4, 0.5) is 10.1 Å². The molecule has 1 unspecified atom stereocenters. The molecule has 7 nitrogen and oxygen atoms in total. The van der Waals surface area contributed by atoms with E-state index in [2.05, 4.69) is 10.0 Å². The first-order valence-electron chi connectivity index (χ1n) is 7.31. The predicted molar refractivity (Wildman–Crippen MR) is 90.3 cm³/mol. The second kappa shape index (κ2) is 7.73. The van der Waals surface area contributed by atoms with Gasteiger partial charge in [-0.25, -0.2) is 17.5 Å². The molecule has 0 bridgehead atoms. The zero-order valence-electron chi connectivity index (χ0n) is 13.4. The van der Waals surface area contributed by atoms with Gasteiger partial charge in [0.15, 0.2) is 4.90 Å². The van der Waals surface area contributed by atoms with Gasteiger partial charge < -0.3 is 5.32 Å². The van der Waals surface area contributed by atoms with Crippen molar-refractivity contribution in [3.63, 3.8) is 0 Å². The summed E-state index contributed by atoms with van der Waals surface area (Å²) in [5, 5.41) is 14.2. The average Bonchev–Trinajstić information content (AvgIpc) is 2.45. The van der Waals surface area contributed by atoms with Crippen molar-refractivity contribution in [3.8, 4) is 0 Å². The van der Waals surface area contributed by atoms with E-state index in [1.54, 1.807) is 0 Å². The molecule has 1 aliphatic rings. The fourth-order valence-electron chi connectivity index (χ4n) is 2.79. The van der Waals surface area contributed by atoms with Gasteiger partial charge in [-0.05, 0) is 30.9 Å². The number of hydrogen-bond acceptors (Lipinski definition) is 5. The number of nitrogens with one attached hydrogen (secondary N) is 2. The number of nitrogens with zero attached hydrogens (tertiary/aromatic N) is 1. The van der Waals surface area contributed by atoms with Crippen molar-refractivity contribution < 1.29 is 17.7 Å². The van der Waals surface area contributed by atoms with Crippen molar-refractivity contribution in [2.75, 3.05) is 13.1 Å². The summed E-state index contributed by atoms with van der Waals surface area (Å²) in [6.45, 7) is 4.85. The molecule has 1 heterocycles. The molecule has 0 saturated carbocycles. The van der Waals surface area contributed by atoms with Crippen LogP contribution in [0.5, 0.6) is 0 Å². The fourth-order valence-corrected chi connectivity index (χ4v) is 4.06. The molecule has 0 aliphatic carbocycles. The van der Waals surface area contributed by atoms with Gasteiger partial charge in [0.25, 0.3) is 5.69 Å². The summed E-state index contributed by atoms with van der Waals surface area (Å²) in [7, 11) is -4.32. The summed E-state index contributed by atoms with van der Waals surface area (Å²) >= 11 is 0. The smallest absolute Gasteiger partial charge is 0.292 e. The lowest BCUT2D eigenvalue weighted by atomic mass is 9.78. The number of rotatable bonds is 5. The zero-order valence-corrected chi connectivity index (χ0v) is 15.0. The third-order valence-corrected chi connectivity index (χ3v) is 5.71. The minimum absolute atomic E-state index is 0. The molecule has 1 aliphatic heterocycles. The van der Waals surface area contributed by atoms with Gasteiger partial charge in [-0.1, -0.05) is 19.9 Å². The first-order valence-corrected chi connectivity index (χ1v) is 8.79. The molecule has 10 heteroatoms. The lowest BCUT2D eigenvalue weighted by Gasteiger charge is -2.39. The molecule has 1 atom stereocenters. The summed E-state index contributed by atoms with van der Waals surface area (Å²) < 4.78 is 40.9. The Morgan fingerprint density at radius 3 is 2.71 bits per heavy atom. The summed E-state index contributed by atoms with van der Waals surface area (Å²) in [5.41, 5.74) is -0.893. The van der Waals surface area contributed by atoms with Crippen LogP contribution in [0.25, 0.3) is 0 Å². The molecule has 1 saturated heterocycles. The highest BCUT2D eigenvalue weighted by molar-refractivity contribution is 7.89. The van der Waals surface area contributed by atoms with Crippen LogP contribution in [0, 0.1) is 21.3 Å². The molecule has 136 valence electrons. The molecule has 0 aromatic heterocycles. The molecule has 2 N–H and O–H groups in total. The van der Waals surface area contributed by atoms with Crippen molar-refractivity contribution in [1.29, 1.82) is 0 Å². The Morgan fingerprint density at radius 1 is 1.46 bits per heavy atom. The van der Waals surface area contributed by atoms with Crippen molar-refractivity contribution in [3.05, 3.63) is 34.1 Å². The van der Waals surface area contributed by atoms with Gasteiger partial charge in [-0.15, -0.1) is 12.4 Å². The van der Waals surface area contributed by atoms with E-state index in [9.17, 15) is 22.9 Å². The van der Waals surface area contributed by atoms with E-state index in [0.717, 1.165) is 37.6 Å². The van der Waals surface area contributed by atoms with E-state index in [1.807, 2.05) is 13.8 Å². The number of benzene rings is 1. The maximum atomic E-state index is 13.9. The molecular weight excluding hydrogens is 361 g/mol. The monoisotopic (exact) mass is 381 g/mol. The van der Waals surface area contributed by atoms with E-state index in [1.165, 1.54) is 0 Å². The largest absolute Gasteiger partial charge is 0.312 e. The molecule has 0 radical (unpaired) electrons. The first-order chi connectivity index (χ1) is 10.6. The fraction of sp³-hybridized carbons (Fsp3) is 0.571. The van der Waals surface area contributed by atoms with E-state index in [-0.39, 0.29) is 30.4 Å². The Balaban J connectivity index is 0.00000288. The third-order valence-electron chi connectivity index (χ3n) is 4.22. The van der Waals surface area contributed by atoms with E-state index >= 15 is 0 Å².